The van der Waals surface area contributed by atoms with Crippen LogP contribution in [0.15, 0.2) is 24.3 Å². The number of amides is 1. The van der Waals surface area contributed by atoms with Crippen LogP contribution in [0.5, 0.6) is 0 Å². The quantitative estimate of drug-likeness (QED) is 0.597. The third-order valence-electron chi connectivity index (χ3n) is 4.95. The van der Waals surface area contributed by atoms with E-state index in [1.807, 2.05) is 13.8 Å². The van der Waals surface area contributed by atoms with Crippen LogP contribution in [-0.2, 0) is 20.6 Å². The lowest BCUT2D eigenvalue weighted by atomic mass is 10.0. The first-order valence-corrected chi connectivity index (χ1v) is 10.9. The van der Waals surface area contributed by atoms with Gasteiger partial charge in [-0.1, -0.05) is 24.3 Å². The Bertz CT molecular complexity index is 621. The smallest absolute Gasteiger partial charge is 0.407 e. The molecule has 6 heteroatoms. The van der Waals surface area contributed by atoms with Gasteiger partial charge in [-0.2, -0.15) is 0 Å². The summed E-state index contributed by atoms with van der Waals surface area (Å²) in [6.07, 6.45) is 1.70. The lowest BCUT2D eigenvalue weighted by Gasteiger charge is -2.38. The van der Waals surface area contributed by atoms with Crippen LogP contribution in [0.2, 0.25) is 0 Å². The van der Waals surface area contributed by atoms with Gasteiger partial charge in [0.05, 0.1) is 24.9 Å². The van der Waals surface area contributed by atoms with Crippen molar-refractivity contribution in [1.82, 2.24) is 10.2 Å². The Morgan fingerprint density at radius 1 is 1.28 bits per heavy atom. The molecule has 164 valence electrons. The van der Waals surface area contributed by atoms with Crippen LogP contribution in [0.4, 0.5) is 4.79 Å². The number of nitrogens with one attached hydrogen (secondary N) is 1. The van der Waals surface area contributed by atoms with Crippen molar-refractivity contribution in [3.63, 3.8) is 0 Å². The lowest BCUT2D eigenvalue weighted by Crippen LogP contribution is -2.45. The van der Waals surface area contributed by atoms with Crippen molar-refractivity contribution in [2.75, 3.05) is 32.8 Å². The van der Waals surface area contributed by atoms with E-state index in [2.05, 4.69) is 55.3 Å². The van der Waals surface area contributed by atoms with E-state index in [1.165, 1.54) is 11.1 Å². The zero-order valence-electron chi connectivity index (χ0n) is 18.6. The summed E-state index contributed by atoms with van der Waals surface area (Å²) < 4.78 is 16.9. The third kappa shape index (κ3) is 8.72. The third-order valence-corrected chi connectivity index (χ3v) is 4.95. The minimum absolute atomic E-state index is 0.0797. The summed E-state index contributed by atoms with van der Waals surface area (Å²) in [6, 6.07) is 8.90. The molecule has 2 rings (SSSR count). The fourth-order valence-electron chi connectivity index (χ4n) is 3.42. The first kappa shape index (κ1) is 23.6. The minimum Gasteiger partial charge on any atom is -0.447 e. The summed E-state index contributed by atoms with van der Waals surface area (Å²) in [6.45, 7) is 14.1. The number of morpholine rings is 1. The molecule has 1 aliphatic rings. The highest BCUT2D eigenvalue weighted by Gasteiger charge is 2.26. The van der Waals surface area contributed by atoms with Gasteiger partial charge in [-0.05, 0) is 58.6 Å². The number of hydrogen-bond donors (Lipinski definition) is 1. The van der Waals surface area contributed by atoms with Gasteiger partial charge in [0.1, 0.15) is 0 Å². The topological polar surface area (TPSA) is 60.0 Å². The highest BCUT2D eigenvalue weighted by Crippen LogP contribution is 2.25. The molecule has 1 aromatic carbocycles. The van der Waals surface area contributed by atoms with Crippen LogP contribution < -0.4 is 5.32 Å². The van der Waals surface area contributed by atoms with E-state index in [4.69, 9.17) is 14.2 Å². The maximum atomic E-state index is 11.6. The molecule has 1 fully saturated rings. The van der Waals surface area contributed by atoms with Gasteiger partial charge in [-0.15, -0.1) is 0 Å². The molecule has 29 heavy (non-hydrogen) atoms. The number of benzene rings is 1. The molecule has 0 bridgehead atoms. The standard InChI is InChI=1S/C23H38N2O4/c1-17(2)27-13-7-12-25-15-22(28-16-19(25)5)21-9-6-8-20(14-21)10-11-24-23(26)29-18(3)4/h6,8-9,14,17-19,22H,7,10-13,15-16H2,1-5H3,(H,24,26). The van der Waals surface area contributed by atoms with E-state index < -0.39 is 0 Å². The van der Waals surface area contributed by atoms with Crippen molar-refractivity contribution < 1.29 is 19.0 Å². The molecule has 1 heterocycles. The number of carbonyl (C=O) groups excluding carboxylic acids is 1. The molecular formula is C23H38N2O4. The molecule has 0 saturated carbocycles. The normalized spacial score (nSPS) is 20.2. The lowest BCUT2D eigenvalue weighted by molar-refractivity contribution is -0.0626. The minimum atomic E-state index is -0.363. The second-order valence-electron chi connectivity index (χ2n) is 8.31. The maximum absolute atomic E-state index is 11.6. The van der Waals surface area contributed by atoms with Crippen LogP contribution in [0.3, 0.4) is 0 Å². The van der Waals surface area contributed by atoms with Crippen molar-refractivity contribution in [1.29, 1.82) is 0 Å². The molecule has 6 nitrogen and oxygen atoms in total. The van der Waals surface area contributed by atoms with Crippen molar-refractivity contribution >= 4 is 6.09 Å². The van der Waals surface area contributed by atoms with E-state index in [-0.39, 0.29) is 24.4 Å². The average Bonchev–Trinajstić information content (AvgIpc) is 2.66. The molecular weight excluding hydrogens is 368 g/mol. The second kappa shape index (κ2) is 12.2. The van der Waals surface area contributed by atoms with E-state index in [0.717, 1.165) is 39.1 Å². The van der Waals surface area contributed by atoms with Gasteiger partial charge in [0.2, 0.25) is 0 Å². The summed E-state index contributed by atoms with van der Waals surface area (Å²) in [5.41, 5.74) is 2.38. The Labute approximate surface area is 175 Å². The van der Waals surface area contributed by atoms with Crippen molar-refractivity contribution in [2.24, 2.45) is 0 Å². The molecule has 1 amide bonds. The molecule has 0 aromatic heterocycles. The van der Waals surface area contributed by atoms with Gasteiger partial charge in [-0.3, -0.25) is 4.90 Å². The zero-order chi connectivity index (χ0) is 21.2. The highest BCUT2D eigenvalue weighted by molar-refractivity contribution is 5.67. The van der Waals surface area contributed by atoms with E-state index in [0.29, 0.717) is 12.6 Å². The van der Waals surface area contributed by atoms with Crippen molar-refractivity contribution in [3.8, 4) is 0 Å². The van der Waals surface area contributed by atoms with Crippen molar-refractivity contribution in [2.45, 2.75) is 71.8 Å². The summed E-state index contributed by atoms with van der Waals surface area (Å²) >= 11 is 0. The molecule has 0 radical (unpaired) electrons. The predicted octanol–water partition coefficient (Wildman–Crippen LogP) is 3.94. The number of nitrogens with zero attached hydrogens (tertiary/aromatic N) is 1. The number of hydrogen-bond acceptors (Lipinski definition) is 5. The molecule has 0 spiro atoms. The Morgan fingerprint density at radius 3 is 2.79 bits per heavy atom. The van der Waals surface area contributed by atoms with Gasteiger partial charge in [0.15, 0.2) is 0 Å². The summed E-state index contributed by atoms with van der Waals surface area (Å²) in [5.74, 6) is 0. The van der Waals surface area contributed by atoms with Gasteiger partial charge in [0.25, 0.3) is 0 Å². The largest absolute Gasteiger partial charge is 0.447 e. The molecule has 1 aromatic rings. The van der Waals surface area contributed by atoms with Crippen LogP contribution in [0.25, 0.3) is 0 Å². The molecule has 1 saturated heterocycles. The van der Waals surface area contributed by atoms with E-state index in [9.17, 15) is 4.79 Å². The van der Waals surface area contributed by atoms with Crippen LogP contribution in [0, 0.1) is 0 Å². The van der Waals surface area contributed by atoms with Crippen LogP contribution >= 0.6 is 0 Å². The fourth-order valence-corrected chi connectivity index (χ4v) is 3.42. The monoisotopic (exact) mass is 406 g/mol. The molecule has 1 aliphatic heterocycles. The van der Waals surface area contributed by atoms with Gasteiger partial charge < -0.3 is 19.5 Å². The number of rotatable bonds is 10. The second-order valence-corrected chi connectivity index (χ2v) is 8.31. The van der Waals surface area contributed by atoms with Gasteiger partial charge >= 0.3 is 6.09 Å². The maximum Gasteiger partial charge on any atom is 0.407 e. The SMILES string of the molecule is CC(C)OCCCN1CC(c2cccc(CCNC(=O)OC(C)C)c2)OCC1C. The van der Waals surface area contributed by atoms with Crippen molar-refractivity contribution in [3.05, 3.63) is 35.4 Å². The Kier molecular flexibility index (Phi) is 9.91. The summed E-state index contributed by atoms with van der Waals surface area (Å²) in [5, 5.41) is 2.80. The number of carbonyl (C=O) groups is 1. The Hall–Kier alpha value is -1.63. The van der Waals surface area contributed by atoms with E-state index in [1.54, 1.807) is 0 Å². The Balaban J connectivity index is 1.84. The average molecular weight is 407 g/mol. The van der Waals surface area contributed by atoms with Gasteiger partial charge in [-0.25, -0.2) is 4.79 Å². The first-order valence-electron chi connectivity index (χ1n) is 10.9. The Morgan fingerprint density at radius 2 is 2.07 bits per heavy atom. The fraction of sp³-hybridized carbons (Fsp3) is 0.696. The first-order chi connectivity index (χ1) is 13.8. The van der Waals surface area contributed by atoms with E-state index >= 15 is 0 Å². The summed E-state index contributed by atoms with van der Waals surface area (Å²) in [4.78, 5) is 14.1. The number of ether oxygens (including phenoxy) is 3. The molecule has 2 unspecified atom stereocenters. The molecule has 0 aliphatic carbocycles. The predicted molar refractivity (Wildman–Crippen MR) is 115 cm³/mol. The van der Waals surface area contributed by atoms with Crippen LogP contribution in [-0.4, -0.2) is 62.1 Å². The number of alkyl carbamates (subject to hydrolysis) is 1. The highest BCUT2D eigenvalue weighted by atomic mass is 16.6. The molecule has 2 atom stereocenters. The molecule has 1 N–H and O–H groups in total. The zero-order valence-corrected chi connectivity index (χ0v) is 18.6. The summed E-state index contributed by atoms with van der Waals surface area (Å²) in [7, 11) is 0. The van der Waals surface area contributed by atoms with Crippen LogP contribution in [0.1, 0.15) is 58.3 Å². The van der Waals surface area contributed by atoms with Gasteiger partial charge in [0, 0.05) is 32.3 Å².